The molecule has 1 amide bonds. The van der Waals surface area contributed by atoms with Crippen LogP contribution in [0.15, 0.2) is 48.5 Å². The van der Waals surface area contributed by atoms with Crippen molar-refractivity contribution in [3.05, 3.63) is 59.7 Å². The number of carbonyl (C=O) groups excluding carboxylic acids is 1. The topological polar surface area (TPSA) is 75.7 Å². The Hall–Kier alpha value is -2.54. The van der Waals surface area contributed by atoms with E-state index in [1.165, 1.54) is 15.4 Å². The van der Waals surface area contributed by atoms with Crippen molar-refractivity contribution in [1.82, 2.24) is 5.32 Å². The Morgan fingerprint density at radius 2 is 1.70 bits per heavy atom. The molecule has 1 atom stereocenters. The summed E-state index contributed by atoms with van der Waals surface area (Å²) in [7, 11) is -3.65. The van der Waals surface area contributed by atoms with Gasteiger partial charge in [0.15, 0.2) is 0 Å². The number of aryl methyl sites for hydroxylation is 2. The molecule has 2 aromatic rings. The third-order valence-electron chi connectivity index (χ3n) is 4.79. The van der Waals surface area contributed by atoms with Crippen molar-refractivity contribution in [3.63, 3.8) is 0 Å². The zero-order valence-electron chi connectivity index (χ0n) is 18.2. The maximum absolute atomic E-state index is 12.8. The molecule has 7 heteroatoms. The van der Waals surface area contributed by atoms with Crippen LogP contribution < -0.4 is 14.4 Å². The van der Waals surface area contributed by atoms with Crippen molar-refractivity contribution < 1.29 is 17.9 Å². The van der Waals surface area contributed by atoms with Crippen molar-refractivity contribution in [2.24, 2.45) is 0 Å². The first-order valence-corrected chi connectivity index (χ1v) is 12.2. The molecule has 6 nitrogen and oxygen atoms in total. The molecular formula is C23H32N2O4S. The molecule has 0 aliphatic heterocycles. The van der Waals surface area contributed by atoms with Crippen LogP contribution in [0.1, 0.15) is 37.8 Å². The number of hydrogen-bond donors (Lipinski definition) is 1. The van der Waals surface area contributed by atoms with Gasteiger partial charge in [-0.25, -0.2) is 8.42 Å². The van der Waals surface area contributed by atoms with Crippen LogP contribution in [0.25, 0.3) is 0 Å². The summed E-state index contributed by atoms with van der Waals surface area (Å²) < 4.78 is 31.6. The minimum Gasteiger partial charge on any atom is -0.494 e. The van der Waals surface area contributed by atoms with Crippen molar-refractivity contribution >= 4 is 21.6 Å². The SMILES string of the molecule is CCOc1ccc(N(C(CC)C(=O)NCCCc2ccc(C)cc2)S(C)(=O)=O)cc1. The lowest BCUT2D eigenvalue weighted by molar-refractivity contribution is -0.122. The number of sulfonamides is 1. The Balaban J connectivity index is 2.04. The molecular weight excluding hydrogens is 400 g/mol. The van der Waals surface area contributed by atoms with Crippen molar-refractivity contribution in [3.8, 4) is 5.75 Å². The minimum atomic E-state index is -3.65. The number of rotatable bonds is 11. The molecule has 0 saturated carbocycles. The number of anilines is 1. The molecule has 0 aliphatic carbocycles. The summed E-state index contributed by atoms with van der Waals surface area (Å²) in [5, 5.41) is 2.90. The van der Waals surface area contributed by atoms with E-state index in [0.29, 0.717) is 31.0 Å². The van der Waals surface area contributed by atoms with E-state index >= 15 is 0 Å². The van der Waals surface area contributed by atoms with Crippen LogP contribution in [-0.2, 0) is 21.2 Å². The second kappa shape index (κ2) is 11.0. The monoisotopic (exact) mass is 432 g/mol. The van der Waals surface area contributed by atoms with Gasteiger partial charge in [-0.15, -0.1) is 0 Å². The lowest BCUT2D eigenvalue weighted by Gasteiger charge is -2.30. The van der Waals surface area contributed by atoms with E-state index in [1.54, 1.807) is 24.3 Å². The molecule has 0 bridgehead atoms. The molecule has 1 N–H and O–H groups in total. The molecule has 0 saturated heterocycles. The summed E-state index contributed by atoms with van der Waals surface area (Å²) in [5.41, 5.74) is 2.88. The number of carbonyl (C=O) groups is 1. The first-order chi connectivity index (χ1) is 14.3. The predicted molar refractivity (Wildman–Crippen MR) is 122 cm³/mol. The van der Waals surface area contributed by atoms with E-state index in [9.17, 15) is 13.2 Å². The molecule has 164 valence electrons. The Morgan fingerprint density at radius 3 is 2.23 bits per heavy atom. The van der Waals surface area contributed by atoms with Crippen LogP contribution in [0, 0.1) is 6.92 Å². The fourth-order valence-corrected chi connectivity index (χ4v) is 4.50. The van der Waals surface area contributed by atoms with E-state index < -0.39 is 16.1 Å². The molecule has 0 aliphatic rings. The van der Waals surface area contributed by atoms with Crippen LogP contribution >= 0.6 is 0 Å². The molecule has 0 radical (unpaired) electrons. The van der Waals surface area contributed by atoms with Crippen LogP contribution in [0.5, 0.6) is 5.75 Å². The summed E-state index contributed by atoms with van der Waals surface area (Å²) in [5.74, 6) is 0.365. The fourth-order valence-electron chi connectivity index (χ4n) is 3.29. The van der Waals surface area contributed by atoms with Gasteiger partial charge in [0.25, 0.3) is 0 Å². The van der Waals surface area contributed by atoms with Gasteiger partial charge >= 0.3 is 0 Å². The smallest absolute Gasteiger partial charge is 0.243 e. The number of nitrogens with one attached hydrogen (secondary N) is 1. The molecule has 2 rings (SSSR count). The highest BCUT2D eigenvalue weighted by atomic mass is 32.2. The van der Waals surface area contributed by atoms with Crippen LogP contribution in [0.2, 0.25) is 0 Å². The number of ether oxygens (including phenoxy) is 1. The average Bonchev–Trinajstić information content (AvgIpc) is 2.70. The van der Waals surface area contributed by atoms with Gasteiger partial charge in [-0.05, 0) is 62.9 Å². The lowest BCUT2D eigenvalue weighted by atomic mass is 10.1. The highest BCUT2D eigenvalue weighted by Gasteiger charge is 2.31. The zero-order chi connectivity index (χ0) is 22.1. The van der Waals surface area contributed by atoms with Crippen LogP contribution in [-0.4, -0.2) is 39.8 Å². The Kier molecular flexibility index (Phi) is 8.72. The van der Waals surface area contributed by atoms with Crippen molar-refractivity contribution in [2.75, 3.05) is 23.7 Å². The van der Waals surface area contributed by atoms with Gasteiger partial charge in [-0.2, -0.15) is 0 Å². The Bertz CT molecular complexity index is 909. The van der Waals surface area contributed by atoms with Crippen molar-refractivity contribution in [2.45, 2.75) is 46.1 Å². The molecule has 1 unspecified atom stereocenters. The summed E-state index contributed by atoms with van der Waals surface area (Å²) in [6.45, 7) is 6.75. The summed E-state index contributed by atoms with van der Waals surface area (Å²) >= 11 is 0. The second-order valence-corrected chi connectivity index (χ2v) is 9.15. The average molecular weight is 433 g/mol. The maximum atomic E-state index is 12.8. The van der Waals surface area contributed by atoms with E-state index in [2.05, 4.69) is 29.6 Å². The number of nitrogens with zero attached hydrogens (tertiary/aromatic N) is 1. The summed E-state index contributed by atoms with van der Waals surface area (Å²) in [6, 6.07) is 14.3. The highest BCUT2D eigenvalue weighted by molar-refractivity contribution is 7.92. The molecule has 2 aromatic carbocycles. The molecule has 0 fully saturated rings. The number of benzene rings is 2. The first kappa shape index (κ1) is 23.7. The van der Waals surface area contributed by atoms with Crippen LogP contribution in [0.3, 0.4) is 0 Å². The summed E-state index contributed by atoms with van der Waals surface area (Å²) in [4.78, 5) is 12.8. The van der Waals surface area contributed by atoms with Crippen molar-refractivity contribution in [1.29, 1.82) is 0 Å². The Morgan fingerprint density at radius 1 is 1.07 bits per heavy atom. The van der Waals surface area contributed by atoms with E-state index in [-0.39, 0.29) is 5.91 Å². The number of hydrogen-bond acceptors (Lipinski definition) is 4. The van der Waals surface area contributed by atoms with Gasteiger partial charge in [0.05, 0.1) is 18.6 Å². The summed E-state index contributed by atoms with van der Waals surface area (Å²) in [6.07, 6.45) is 3.13. The van der Waals surface area contributed by atoms with Gasteiger partial charge in [-0.1, -0.05) is 36.8 Å². The Labute approximate surface area is 180 Å². The fraction of sp³-hybridized carbons (Fsp3) is 0.435. The predicted octanol–water partition coefficient (Wildman–Crippen LogP) is 3.69. The maximum Gasteiger partial charge on any atom is 0.243 e. The van der Waals surface area contributed by atoms with Gasteiger partial charge in [0.2, 0.25) is 15.9 Å². The second-order valence-electron chi connectivity index (χ2n) is 7.29. The zero-order valence-corrected chi connectivity index (χ0v) is 19.0. The van der Waals surface area contributed by atoms with Gasteiger partial charge < -0.3 is 10.1 Å². The first-order valence-electron chi connectivity index (χ1n) is 10.3. The van der Waals surface area contributed by atoms with E-state index in [0.717, 1.165) is 19.1 Å². The van der Waals surface area contributed by atoms with E-state index in [4.69, 9.17) is 4.74 Å². The molecule has 0 aromatic heterocycles. The van der Waals surface area contributed by atoms with Gasteiger partial charge in [-0.3, -0.25) is 9.10 Å². The van der Waals surface area contributed by atoms with E-state index in [1.807, 2.05) is 20.8 Å². The largest absolute Gasteiger partial charge is 0.494 e. The van der Waals surface area contributed by atoms with Gasteiger partial charge in [0, 0.05) is 6.54 Å². The van der Waals surface area contributed by atoms with Gasteiger partial charge in [0.1, 0.15) is 11.8 Å². The third kappa shape index (κ3) is 6.76. The van der Waals surface area contributed by atoms with Crippen LogP contribution in [0.4, 0.5) is 5.69 Å². The highest BCUT2D eigenvalue weighted by Crippen LogP contribution is 2.25. The quantitative estimate of drug-likeness (QED) is 0.550. The number of amides is 1. The third-order valence-corrected chi connectivity index (χ3v) is 5.97. The molecule has 0 spiro atoms. The molecule has 0 heterocycles. The lowest BCUT2D eigenvalue weighted by Crippen LogP contribution is -2.49. The minimum absolute atomic E-state index is 0.291. The molecule has 30 heavy (non-hydrogen) atoms. The normalized spacial score (nSPS) is 12.3. The standard InChI is InChI=1S/C23H32N2O4S/c1-5-22(23(26)24-17-7-8-19-11-9-18(3)10-12-19)25(30(4,27)28)20-13-15-21(16-14-20)29-6-2/h9-16,22H,5-8,17H2,1-4H3,(H,24,26).